The van der Waals surface area contributed by atoms with Gasteiger partial charge in [0, 0.05) is 24.5 Å². The molecule has 0 aliphatic rings. The molecule has 0 aliphatic carbocycles. The Bertz CT molecular complexity index is 1210. The van der Waals surface area contributed by atoms with Crippen LogP contribution >= 0.6 is 0 Å². The molecule has 1 amide bonds. The smallest absolute Gasteiger partial charge is 0.262 e. The number of hydrogen-bond donors (Lipinski definition) is 2. The Morgan fingerprint density at radius 2 is 1.76 bits per heavy atom. The van der Waals surface area contributed by atoms with Gasteiger partial charge in [-0.15, -0.1) is 0 Å². The third kappa shape index (κ3) is 6.79. The first kappa shape index (κ1) is 24.3. The SMILES string of the molecule is Cc1ccc(C)c(S(=O)(=O)Nc2ccc(Oc3ccc(C(=O)NCCC(C)C)cn3)cc2)c1. The average Bonchev–Trinajstić information content (AvgIpc) is 2.76. The molecule has 8 heteroatoms. The molecule has 1 heterocycles. The van der Waals surface area contributed by atoms with Crippen LogP contribution in [0.4, 0.5) is 5.69 Å². The maximum Gasteiger partial charge on any atom is 0.262 e. The summed E-state index contributed by atoms with van der Waals surface area (Å²) in [7, 11) is -3.70. The summed E-state index contributed by atoms with van der Waals surface area (Å²) in [5, 5.41) is 2.87. The van der Waals surface area contributed by atoms with E-state index in [9.17, 15) is 13.2 Å². The third-order valence-electron chi connectivity index (χ3n) is 4.97. The molecule has 0 saturated heterocycles. The number of ether oxygens (including phenoxy) is 1. The molecule has 0 fully saturated rings. The minimum Gasteiger partial charge on any atom is -0.439 e. The van der Waals surface area contributed by atoms with Crippen LogP contribution in [0.3, 0.4) is 0 Å². The van der Waals surface area contributed by atoms with Crippen LogP contribution in [0, 0.1) is 19.8 Å². The van der Waals surface area contributed by atoms with Crippen molar-refractivity contribution in [1.29, 1.82) is 0 Å². The molecule has 0 radical (unpaired) electrons. The van der Waals surface area contributed by atoms with Crippen molar-refractivity contribution in [2.45, 2.75) is 39.0 Å². The molecule has 1 aromatic heterocycles. The number of hydrogen-bond acceptors (Lipinski definition) is 5. The Morgan fingerprint density at radius 1 is 1.03 bits per heavy atom. The van der Waals surface area contributed by atoms with E-state index in [1.807, 2.05) is 13.0 Å². The Balaban J connectivity index is 1.61. The number of rotatable bonds is 9. The fraction of sp³-hybridized carbons (Fsp3) is 0.280. The minimum absolute atomic E-state index is 0.171. The van der Waals surface area contributed by atoms with E-state index in [0.29, 0.717) is 40.9 Å². The molecule has 174 valence electrons. The number of aromatic nitrogens is 1. The summed E-state index contributed by atoms with van der Waals surface area (Å²) in [6.07, 6.45) is 2.38. The number of carbonyl (C=O) groups is 1. The van der Waals surface area contributed by atoms with Crippen LogP contribution < -0.4 is 14.8 Å². The zero-order chi connectivity index (χ0) is 24.0. The van der Waals surface area contributed by atoms with Gasteiger partial charge in [0.05, 0.1) is 10.5 Å². The number of pyridine rings is 1. The van der Waals surface area contributed by atoms with E-state index >= 15 is 0 Å². The molecule has 7 nitrogen and oxygen atoms in total. The highest BCUT2D eigenvalue weighted by Gasteiger charge is 2.17. The van der Waals surface area contributed by atoms with Gasteiger partial charge in [-0.05, 0) is 73.7 Å². The first-order valence-electron chi connectivity index (χ1n) is 10.8. The van der Waals surface area contributed by atoms with Crippen molar-refractivity contribution in [2.75, 3.05) is 11.3 Å². The summed E-state index contributed by atoms with van der Waals surface area (Å²) in [6.45, 7) is 8.44. The number of amides is 1. The summed E-state index contributed by atoms with van der Waals surface area (Å²) in [5.41, 5.74) is 2.43. The Morgan fingerprint density at radius 3 is 2.39 bits per heavy atom. The average molecular weight is 468 g/mol. The van der Waals surface area contributed by atoms with Gasteiger partial charge in [0.15, 0.2) is 0 Å². The number of benzene rings is 2. The second-order valence-corrected chi connectivity index (χ2v) is 9.98. The maximum atomic E-state index is 12.8. The van der Waals surface area contributed by atoms with E-state index in [-0.39, 0.29) is 10.8 Å². The largest absolute Gasteiger partial charge is 0.439 e. The van der Waals surface area contributed by atoms with Gasteiger partial charge in [-0.3, -0.25) is 9.52 Å². The number of anilines is 1. The van der Waals surface area contributed by atoms with Crippen molar-refractivity contribution in [1.82, 2.24) is 10.3 Å². The van der Waals surface area contributed by atoms with E-state index in [0.717, 1.165) is 12.0 Å². The van der Waals surface area contributed by atoms with Gasteiger partial charge in [-0.1, -0.05) is 26.0 Å². The second kappa shape index (κ2) is 10.5. The van der Waals surface area contributed by atoms with Gasteiger partial charge in [0.1, 0.15) is 5.75 Å². The third-order valence-corrected chi connectivity index (χ3v) is 6.49. The number of nitrogens with one attached hydrogen (secondary N) is 2. The van der Waals surface area contributed by atoms with E-state index in [1.165, 1.54) is 6.20 Å². The van der Waals surface area contributed by atoms with Crippen LogP contribution in [-0.4, -0.2) is 25.9 Å². The van der Waals surface area contributed by atoms with Crippen LogP contribution in [0.1, 0.15) is 41.8 Å². The molecule has 0 saturated carbocycles. The quantitative estimate of drug-likeness (QED) is 0.458. The molecule has 0 spiro atoms. The lowest BCUT2D eigenvalue weighted by atomic mass is 10.1. The molecule has 0 atom stereocenters. The Hall–Kier alpha value is -3.39. The number of aryl methyl sites for hydroxylation is 2. The molecular weight excluding hydrogens is 438 g/mol. The number of nitrogens with zero attached hydrogens (tertiary/aromatic N) is 1. The lowest BCUT2D eigenvalue weighted by Gasteiger charge is -2.12. The minimum atomic E-state index is -3.70. The van der Waals surface area contributed by atoms with Crippen LogP contribution in [0.15, 0.2) is 65.7 Å². The van der Waals surface area contributed by atoms with Gasteiger partial charge in [-0.2, -0.15) is 0 Å². The van der Waals surface area contributed by atoms with Gasteiger partial charge < -0.3 is 10.1 Å². The van der Waals surface area contributed by atoms with Crippen LogP contribution in [0.5, 0.6) is 11.6 Å². The van der Waals surface area contributed by atoms with E-state index < -0.39 is 10.0 Å². The number of carbonyl (C=O) groups excluding carboxylic acids is 1. The summed E-state index contributed by atoms with van der Waals surface area (Å²) >= 11 is 0. The van der Waals surface area contributed by atoms with Crippen molar-refractivity contribution in [3.8, 4) is 11.6 Å². The first-order chi connectivity index (χ1) is 15.6. The maximum absolute atomic E-state index is 12.8. The predicted octanol–water partition coefficient (Wildman–Crippen LogP) is 5.07. The lowest BCUT2D eigenvalue weighted by Crippen LogP contribution is -2.25. The van der Waals surface area contributed by atoms with Crippen LogP contribution in [0.2, 0.25) is 0 Å². The standard InChI is InChI=1S/C25H29N3O4S/c1-17(2)13-14-26-25(29)20-7-12-24(27-16-20)32-22-10-8-21(9-11-22)28-33(30,31)23-15-18(3)5-6-19(23)4/h5-12,15-17,28H,13-14H2,1-4H3,(H,26,29). The zero-order valence-electron chi connectivity index (χ0n) is 19.3. The van der Waals surface area contributed by atoms with Crippen LogP contribution in [0.25, 0.3) is 0 Å². The van der Waals surface area contributed by atoms with Crippen molar-refractivity contribution in [3.63, 3.8) is 0 Å². The molecule has 3 rings (SSSR count). The van der Waals surface area contributed by atoms with E-state index in [1.54, 1.807) is 55.5 Å². The van der Waals surface area contributed by atoms with Gasteiger partial charge >= 0.3 is 0 Å². The normalized spacial score (nSPS) is 11.3. The van der Waals surface area contributed by atoms with Crippen molar-refractivity contribution in [2.24, 2.45) is 5.92 Å². The second-order valence-electron chi connectivity index (χ2n) is 8.32. The molecule has 2 aromatic carbocycles. The lowest BCUT2D eigenvalue weighted by molar-refractivity contribution is 0.0951. The monoisotopic (exact) mass is 467 g/mol. The van der Waals surface area contributed by atoms with Gasteiger partial charge in [0.2, 0.25) is 5.88 Å². The summed E-state index contributed by atoms with van der Waals surface area (Å²) in [6, 6.07) is 15.1. The molecule has 0 aliphatic heterocycles. The Labute approximate surface area is 195 Å². The molecule has 2 N–H and O–H groups in total. The van der Waals surface area contributed by atoms with Crippen molar-refractivity contribution >= 4 is 21.6 Å². The van der Waals surface area contributed by atoms with Gasteiger partial charge in [0.25, 0.3) is 15.9 Å². The van der Waals surface area contributed by atoms with Crippen molar-refractivity contribution in [3.05, 3.63) is 77.5 Å². The highest BCUT2D eigenvalue weighted by atomic mass is 32.2. The summed E-state index contributed by atoms with van der Waals surface area (Å²) < 4.78 is 33.8. The highest BCUT2D eigenvalue weighted by Crippen LogP contribution is 2.24. The predicted molar refractivity (Wildman–Crippen MR) is 129 cm³/mol. The summed E-state index contributed by atoms with van der Waals surface area (Å²) in [5.74, 6) is 1.17. The molecule has 0 bridgehead atoms. The highest BCUT2D eigenvalue weighted by molar-refractivity contribution is 7.92. The molecular formula is C25H29N3O4S. The summed E-state index contributed by atoms with van der Waals surface area (Å²) in [4.78, 5) is 16.6. The van der Waals surface area contributed by atoms with E-state index in [4.69, 9.17) is 4.74 Å². The van der Waals surface area contributed by atoms with Crippen molar-refractivity contribution < 1.29 is 17.9 Å². The fourth-order valence-electron chi connectivity index (χ4n) is 3.07. The first-order valence-corrected chi connectivity index (χ1v) is 12.2. The van der Waals surface area contributed by atoms with E-state index in [2.05, 4.69) is 28.9 Å². The van der Waals surface area contributed by atoms with Gasteiger partial charge in [-0.25, -0.2) is 13.4 Å². The molecule has 33 heavy (non-hydrogen) atoms. The Kier molecular flexibility index (Phi) is 7.71. The molecule has 0 unspecified atom stereocenters. The fourth-order valence-corrected chi connectivity index (χ4v) is 4.46. The van der Waals surface area contributed by atoms with Crippen LogP contribution in [-0.2, 0) is 10.0 Å². The number of sulfonamides is 1. The molecule has 3 aromatic rings. The topological polar surface area (TPSA) is 97.4 Å². The zero-order valence-corrected chi connectivity index (χ0v) is 20.1.